The van der Waals surface area contributed by atoms with Crippen LogP contribution in [0.5, 0.6) is 5.75 Å². The number of hydrogen-bond donors (Lipinski definition) is 0. The lowest BCUT2D eigenvalue weighted by molar-refractivity contribution is 0.305. The third-order valence-corrected chi connectivity index (χ3v) is 2.33. The predicted octanol–water partition coefficient (Wildman–Crippen LogP) is 3.38. The average molecular weight is 234 g/mol. The number of rotatable bonds is 3. The van der Waals surface area contributed by atoms with E-state index in [9.17, 15) is 0 Å². The zero-order valence-electron chi connectivity index (χ0n) is 8.31. The quantitative estimate of drug-likeness (QED) is 0.816. The third kappa shape index (κ3) is 2.36. The van der Waals surface area contributed by atoms with E-state index >= 15 is 0 Å². The lowest BCUT2D eigenvalue weighted by Crippen LogP contribution is -1.94. The van der Waals surface area contributed by atoms with Crippen LogP contribution in [0.4, 0.5) is 0 Å². The van der Waals surface area contributed by atoms with Gasteiger partial charge in [0, 0.05) is 5.56 Å². The first-order chi connectivity index (χ1) is 7.79. The van der Waals surface area contributed by atoms with Crippen molar-refractivity contribution in [3.8, 4) is 11.8 Å². The summed E-state index contributed by atoms with van der Waals surface area (Å²) >= 11 is 5.95. The van der Waals surface area contributed by atoms with E-state index in [0.29, 0.717) is 22.9 Å². The van der Waals surface area contributed by atoms with Gasteiger partial charge in [-0.3, -0.25) is 0 Å². The summed E-state index contributed by atoms with van der Waals surface area (Å²) in [6, 6.07) is 8.75. The minimum atomic E-state index is 0.391. The Morgan fingerprint density at radius 1 is 1.38 bits per heavy atom. The SMILES string of the molecule is N#Cc1ccc(OCc2ccoc2)c(Cl)c1. The second-order valence-corrected chi connectivity index (χ2v) is 3.58. The van der Waals surface area contributed by atoms with Crippen molar-refractivity contribution in [2.45, 2.75) is 6.61 Å². The summed E-state index contributed by atoms with van der Waals surface area (Å²) in [5.41, 5.74) is 1.45. The van der Waals surface area contributed by atoms with Crippen LogP contribution in [0.2, 0.25) is 5.02 Å². The largest absolute Gasteiger partial charge is 0.487 e. The van der Waals surface area contributed by atoms with E-state index in [-0.39, 0.29) is 0 Å². The number of halogens is 1. The highest BCUT2D eigenvalue weighted by molar-refractivity contribution is 6.32. The molecule has 2 aromatic rings. The van der Waals surface area contributed by atoms with Crippen LogP contribution >= 0.6 is 11.6 Å². The van der Waals surface area contributed by atoms with Gasteiger partial charge in [0.2, 0.25) is 0 Å². The summed E-state index contributed by atoms with van der Waals surface area (Å²) in [5.74, 6) is 0.557. The molecule has 0 unspecified atom stereocenters. The van der Waals surface area contributed by atoms with E-state index in [0.717, 1.165) is 5.56 Å². The molecule has 0 aliphatic rings. The molecule has 0 radical (unpaired) electrons. The minimum absolute atomic E-state index is 0.391. The molecule has 0 fully saturated rings. The Morgan fingerprint density at radius 3 is 2.88 bits per heavy atom. The average Bonchev–Trinajstić information content (AvgIpc) is 2.80. The molecule has 0 saturated heterocycles. The number of hydrogen-bond acceptors (Lipinski definition) is 3. The molecule has 0 spiro atoms. The van der Waals surface area contributed by atoms with Crippen LogP contribution in [0.15, 0.2) is 41.2 Å². The third-order valence-electron chi connectivity index (χ3n) is 2.04. The summed E-state index contributed by atoms with van der Waals surface area (Å²) in [6.45, 7) is 0.391. The summed E-state index contributed by atoms with van der Waals surface area (Å²) < 4.78 is 10.4. The maximum atomic E-state index is 8.67. The first-order valence-corrected chi connectivity index (χ1v) is 5.01. The van der Waals surface area contributed by atoms with Crippen LogP contribution in [0.3, 0.4) is 0 Å². The van der Waals surface area contributed by atoms with Crippen molar-refractivity contribution in [2.24, 2.45) is 0 Å². The number of nitriles is 1. The lowest BCUT2D eigenvalue weighted by Gasteiger charge is -2.06. The molecule has 1 aromatic heterocycles. The highest BCUT2D eigenvalue weighted by atomic mass is 35.5. The predicted molar refractivity (Wildman–Crippen MR) is 59.2 cm³/mol. The normalized spacial score (nSPS) is 9.75. The highest BCUT2D eigenvalue weighted by Gasteiger charge is 2.03. The smallest absolute Gasteiger partial charge is 0.138 e. The zero-order valence-corrected chi connectivity index (χ0v) is 9.07. The molecule has 0 N–H and O–H groups in total. The number of benzene rings is 1. The summed E-state index contributed by atoms with van der Waals surface area (Å²) in [5, 5.41) is 9.10. The second kappa shape index (κ2) is 4.73. The van der Waals surface area contributed by atoms with Crippen LogP contribution in [-0.4, -0.2) is 0 Å². The number of nitrogens with zero attached hydrogens (tertiary/aromatic N) is 1. The van der Waals surface area contributed by atoms with E-state index in [4.69, 9.17) is 26.0 Å². The van der Waals surface area contributed by atoms with Crippen molar-refractivity contribution in [3.05, 3.63) is 52.9 Å². The molecule has 1 aromatic carbocycles. The minimum Gasteiger partial charge on any atom is -0.487 e. The van der Waals surface area contributed by atoms with Gasteiger partial charge in [0.25, 0.3) is 0 Å². The second-order valence-electron chi connectivity index (χ2n) is 3.18. The van der Waals surface area contributed by atoms with E-state index in [2.05, 4.69) is 0 Å². The number of ether oxygens (including phenoxy) is 1. The van der Waals surface area contributed by atoms with Gasteiger partial charge in [-0.05, 0) is 24.3 Å². The van der Waals surface area contributed by atoms with Crippen LogP contribution < -0.4 is 4.74 Å². The first-order valence-electron chi connectivity index (χ1n) is 4.63. The molecule has 1 heterocycles. The molecule has 4 heteroatoms. The Hall–Kier alpha value is -1.92. The topological polar surface area (TPSA) is 46.2 Å². The van der Waals surface area contributed by atoms with Crippen LogP contribution in [-0.2, 0) is 6.61 Å². The molecule has 16 heavy (non-hydrogen) atoms. The molecule has 80 valence electrons. The van der Waals surface area contributed by atoms with E-state index in [1.54, 1.807) is 30.7 Å². The summed E-state index contributed by atoms with van der Waals surface area (Å²) in [6.07, 6.45) is 3.19. The van der Waals surface area contributed by atoms with Crippen molar-refractivity contribution in [2.75, 3.05) is 0 Å². The molecule has 2 rings (SSSR count). The molecule has 0 aliphatic heterocycles. The molecule has 0 atom stereocenters. The fourth-order valence-corrected chi connectivity index (χ4v) is 1.46. The van der Waals surface area contributed by atoms with Crippen molar-refractivity contribution in [1.29, 1.82) is 5.26 Å². The Kier molecular flexibility index (Phi) is 3.13. The standard InChI is InChI=1S/C12H8ClNO2/c13-11-5-9(6-14)1-2-12(11)16-8-10-3-4-15-7-10/h1-5,7H,8H2. The van der Waals surface area contributed by atoms with Gasteiger partial charge in [0.05, 0.1) is 29.2 Å². The summed E-state index contributed by atoms with van der Waals surface area (Å²) in [7, 11) is 0. The van der Waals surface area contributed by atoms with E-state index < -0.39 is 0 Å². The molecular weight excluding hydrogens is 226 g/mol. The lowest BCUT2D eigenvalue weighted by atomic mass is 10.2. The zero-order chi connectivity index (χ0) is 11.4. The van der Waals surface area contributed by atoms with E-state index in [1.807, 2.05) is 12.1 Å². The molecule has 0 bridgehead atoms. The Labute approximate surface area is 97.8 Å². The van der Waals surface area contributed by atoms with Gasteiger partial charge in [-0.15, -0.1) is 0 Å². The Bertz CT molecular complexity index is 514. The maximum Gasteiger partial charge on any atom is 0.138 e. The van der Waals surface area contributed by atoms with Gasteiger partial charge in [-0.25, -0.2) is 0 Å². The molecule has 0 saturated carbocycles. The molecular formula is C12H8ClNO2. The van der Waals surface area contributed by atoms with Crippen molar-refractivity contribution in [3.63, 3.8) is 0 Å². The van der Waals surface area contributed by atoms with Crippen LogP contribution in [0.1, 0.15) is 11.1 Å². The fourth-order valence-electron chi connectivity index (χ4n) is 1.22. The van der Waals surface area contributed by atoms with Crippen LogP contribution in [0.25, 0.3) is 0 Å². The highest BCUT2D eigenvalue weighted by Crippen LogP contribution is 2.26. The monoisotopic (exact) mass is 233 g/mol. The van der Waals surface area contributed by atoms with Crippen molar-refractivity contribution < 1.29 is 9.15 Å². The Morgan fingerprint density at radius 2 is 2.25 bits per heavy atom. The first kappa shape index (κ1) is 10.6. The van der Waals surface area contributed by atoms with Gasteiger partial charge < -0.3 is 9.15 Å². The van der Waals surface area contributed by atoms with Gasteiger partial charge in [-0.2, -0.15) is 5.26 Å². The Balaban J connectivity index is 2.08. The summed E-state index contributed by atoms with van der Waals surface area (Å²) in [4.78, 5) is 0. The van der Waals surface area contributed by atoms with E-state index in [1.165, 1.54) is 0 Å². The van der Waals surface area contributed by atoms with Gasteiger partial charge in [-0.1, -0.05) is 11.6 Å². The van der Waals surface area contributed by atoms with Crippen molar-refractivity contribution >= 4 is 11.6 Å². The fraction of sp³-hybridized carbons (Fsp3) is 0.0833. The molecule has 3 nitrogen and oxygen atoms in total. The van der Waals surface area contributed by atoms with Crippen molar-refractivity contribution in [1.82, 2.24) is 0 Å². The van der Waals surface area contributed by atoms with Crippen LogP contribution in [0, 0.1) is 11.3 Å². The molecule has 0 aliphatic carbocycles. The maximum absolute atomic E-state index is 8.67. The van der Waals surface area contributed by atoms with Gasteiger partial charge in [0.1, 0.15) is 12.4 Å². The van der Waals surface area contributed by atoms with Gasteiger partial charge in [0.15, 0.2) is 0 Å². The van der Waals surface area contributed by atoms with Gasteiger partial charge >= 0.3 is 0 Å². The number of furan rings is 1. The molecule has 0 amide bonds.